The molecule has 88 valence electrons. The van der Waals surface area contributed by atoms with Crippen LogP contribution in [0.25, 0.3) is 11.0 Å². The lowest BCUT2D eigenvalue weighted by atomic mass is 10.1. The van der Waals surface area contributed by atoms with E-state index in [2.05, 4.69) is 13.8 Å². The maximum Gasteiger partial charge on any atom is 0.201 e. The molecule has 17 heavy (non-hydrogen) atoms. The van der Waals surface area contributed by atoms with Gasteiger partial charge >= 0.3 is 0 Å². The third-order valence-electron chi connectivity index (χ3n) is 3.81. The van der Waals surface area contributed by atoms with Gasteiger partial charge in [0.2, 0.25) is 5.78 Å². The largest absolute Gasteiger partial charge is 0.453 e. The molecule has 1 aliphatic rings. The van der Waals surface area contributed by atoms with Gasteiger partial charge in [-0.2, -0.15) is 0 Å². The first kappa shape index (κ1) is 10.6. The van der Waals surface area contributed by atoms with Crippen molar-refractivity contribution in [3.8, 4) is 0 Å². The molecule has 2 heteroatoms. The highest BCUT2D eigenvalue weighted by molar-refractivity contribution is 6.01. The van der Waals surface area contributed by atoms with Gasteiger partial charge in [0.1, 0.15) is 5.58 Å². The zero-order valence-corrected chi connectivity index (χ0v) is 10.4. The van der Waals surface area contributed by atoms with Crippen molar-refractivity contribution in [1.82, 2.24) is 0 Å². The molecule has 1 unspecified atom stereocenters. The number of benzene rings is 1. The number of Topliss-reactive ketones (excluding diaryl/α,β-unsaturated/α-hetero) is 1. The summed E-state index contributed by atoms with van der Waals surface area (Å²) in [5.74, 6) is 0.818. The zero-order valence-electron chi connectivity index (χ0n) is 10.4. The van der Waals surface area contributed by atoms with Gasteiger partial charge in [0, 0.05) is 11.3 Å². The van der Waals surface area contributed by atoms with E-state index in [1.165, 1.54) is 0 Å². The smallest absolute Gasteiger partial charge is 0.201 e. The minimum Gasteiger partial charge on any atom is -0.453 e. The van der Waals surface area contributed by atoms with Crippen molar-refractivity contribution >= 4 is 16.8 Å². The van der Waals surface area contributed by atoms with E-state index in [0.717, 1.165) is 23.0 Å². The minimum absolute atomic E-state index is 0.142. The Bertz CT molecular complexity index is 604. The summed E-state index contributed by atoms with van der Waals surface area (Å²) in [4.78, 5) is 12.2. The highest BCUT2D eigenvalue weighted by Gasteiger charge is 2.51. The van der Waals surface area contributed by atoms with E-state index in [-0.39, 0.29) is 17.1 Å². The molecule has 1 atom stereocenters. The molecular weight excluding hydrogens is 212 g/mol. The SMILES string of the molecule is Cc1cccc2cc(C(=O)C3CC3(C)C)oc12. The van der Waals surface area contributed by atoms with E-state index in [0.29, 0.717) is 5.76 Å². The Labute approximate surface area is 101 Å². The lowest BCUT2D eigenvalue weighted by Gasteiger charge is -1.99. The molecule has 0 saturated heterocycles. The van der Waals surface area contributed by atoms with Crippen molar-refractivity contribution in [2.45, 2.75) is 27.2 Å². The third kappa shape index (κ3) is 1.59. The molecule has 1 fully saturated rings. The van der Waals surface area contributed by atoms with Gasteiger partial charge in [-0.05, 0) is 30.4 Å². The first-order valence-corrected chi connectivity index (χ1v) is 6.02. The summed E-state index contributed by atoms with van der Waals surface area (Å²) >= 11 is 0. The van der Waals surface area contributed by atoms with Crippen LogP contribution < -0.4 is 0 Å². The van der Waals surface area contributed by atoms with Gasteiger partial charge in [-0.3, -0.25) is 4.79 Å². The average Bonchev–Trinajstić information content (AvgIpc) is 2.75. The van der Waals surface area contributed by atoms with Crippen molar-refractivity contribution < 1.29 is 9.21 Å². The highest BCUT2D eigenvalue weighted by atomic mass is 16.3. The van der Waals surface area contributed by atoms with Crippen molar-refractivity contribution in [2.24, 2.45) is 11.3 Å². The summed E-state index contributed by atoms with van der Waals surface area (Å²) in [5, 5.41) is 1.02. The van der Waals surface area contributed by atoms with Crippen LogP contribution in [0.3, 0.4) is 0 Å². The van der Waals surface area contributed by atoms with Crippen LogP contribution in [0.15, 0.2) is 28.7 Å². The molecule has 3 rings (SSSR count). The molecule has 0 radical (unpaired) electrons. The topological polar surface area (TPSA) is 30.2 Å². The number of furan rings is 1. The number of hydrogen-bond acceptors (Lipinski definition) is 2. The molecule has 1 aromatic carbocycles. The number of para-hydroxylation sites is 1. The van der Waals surface area contributed by atoms with Crippen molar-refractivity contribution in [3.05, 3.63) is 35.6 Å². The maximum atomic E-state index is 12.2. The van der Waals surface area contributed by atoms with Crippen LogP contribution in [0, 0.1) is 18.3 Å². The molecule has 0 amide bonds. The summed E-state index contributed by atoms with van der Waals surface area (Å²) in [6.45, 7) is 6.26. The van der Waals surface area contributed by atoms with Crippen LogP contribution in [0.4, 0.5) is 0 Å². The minimum atomic E-state index is 0.142. The zero-order chi connectivity index (χ0) is 12.2. The number of hydrogen-bond donors (Lipinski definition) is 0. The van der Waals surface area contributed by atoms with Crippen molar-refractivity contribution in [1.29, 1.82) is 0 Å². The fraction of sp³-hybridized carbons (Fsp3) is 0.400. The quantitative estimate of drug-likeness (QED) is 0.728. The number of carbonyl (C=O) groups excluding carboxylic acids is 1. The van der Waals surface area contributed by atoms with Crippen LogP contribution in [0.5, 0.6) is 0 Å². The molecule has 1 aliphatic carbocycles. The number of rotatable bonds is 2. The maximum absolute atomic E-state index is 12.2. The Morgan fingerprint density at radius 2 is 2.12 bits per heavy atom. The van der Waals surface area contributed by atoms with Gasteiger partial charge in [-0.1, -0.05) is 32.0 Å². The second kappa shape index (κ2) is 3.22. The Kier molecular flexibility index (Phi) is 2.00. The molecule has 0 bridgehead atoms. The van der Waals surface area contributed by atoms with Crippen LogP contribution >= 0.6 is 0 Å². The standard InChI is InChI=1S/C15H16O2/c1-9-5-4-6-10-7-12(17-14(9)10)13(16)11-8-15(11,2)3/h4-7,11H,8H2,1-3H3. The fourth-order valence-electron chi connectivity index (χ4n) is 2.42. The molecule has 1 saturated carbocycles. The Hall–Kier alpha value is -1.57. The lowest BCUT2D eigenvalue weighted by molar-refractivity contribution is 0.0928. The first-order valence-electron chi connectivity index (χ1n) is 6.02. The number of ketones is 1. The van der Waals surface area contributed by atoms with Crippen molar-refractivity contribution in [2.75, 3.05) is 0 Å². The van der Waals surface area contributed by atoms with Gasteiger partial charge in [-0.15, -0.1) is 0 Å². The Morgan fingerprint density at radius 3 is 2.71 bits per heavy atom. The predicted molar refractivity (Wildman–Crippen MR) is 67.2 cm³/mol. The van der Waals surface area contributed by atoms with E-state index in [9.17, 15) is 4.79 Å². The van der Waals surface area contributed by atoms with Crippen LogP contribution in [0.1, 0.15) is 36.4 Å². The summed E-state index contributed by atoms with van der Waals surface area (Å²) in [6.07, 6.45) is 0.974. The highest BCUT2D eigenvalue weighted by Crippen LogP contribution is 2.53. The molecule has 0 spiro atoms. The van der Waals surface area contributed by atoms with Gasteiger partial charge < -0.3 is 4.42 Å². The average molecular weight is 228 g/mol. The number of fused-ring (bicyclic) bond motifs is 1. The Morgan fingerprint density at radius 1 is 1.41 bits per heavy atom. The summed E-state index contributed by atoms with van der Waals surface area (Å²) in [7, 11) is 0. The fourth-order valence-corrected chi connectivity index (χ4v) is 2.42. The van der Waals surface area contributed by atoms with Crippen LogP contribution in [-0.2, 0) is 0 Å². The molecule has 1 aromatic heterocycles. The molecule has 1 heterocycles. The first-order chi connectivity index (χ1) is 7.99. The Balaban J connectivity index is 2.02. The van der Waals surface area contributed by atoms with E-state index in [1.807, 2.05) is 31.2 Å². The predicted octanol–water partition coefficient (Wildman–Crippen LogP) is 3.97. The van der Waals surface area contributed by atoms with E-state index in [4.69, 9.17) is 4.42 Å². The van der Waals surface area contributed by atoms with Crippen molar-refractivity contribution in [3.63, 3.8) is 0 Å². The van der Waals surface area contributed by atoms with E-state index in [1.54, 1.807) is 0 Å². The monoisotopic (exact) mass is 228 g/mol. The second-order valence-corrected chi connectivity index (χ2v) is 5.71. The number of aryl methyl sites for hydroxylation is 1. The second-order valence-electron chi connectivity index (χ2n) is 5.71. The molecular formula is C15H16O2. The van der Waals surface area contributed by atoms with Crippen LogP contribution in [0.2, 0.25) is 0 Å². The van der Waals surface area contributed by atoms with Gasteiger partial charge in [0.05, 0.1) is 0 Å². The summed E-state index contributed by atoms with van der Waals surface area (Å²) < 4.78 is 5.71. The van der Waals surface area contributed by atoms with Gasteiger partial charge in [0.15, 0.2) is 5.76 Å². The van der Waals surface area contributed by atoms with Crippen LogP contribution in [-0.4, -0.2) is 5.78 Å². The van der Waals surface area contributed by atoms with Gasteiger partial charge in [-0.25, -0.2) is 0 Å². The molecule has 0 aliphatic heterocycles. The normalized spacial score (nSPS) is 21.7. The van der Waals surface area contributed by atoms with E-state index >= 15 is 0 Å². The lowest BCUT2D eigenvalue weighted by Crippen LogP contribution is -2.04. The van der Waals surface area contributed by atoms with E-state index < -0.39 is 0 Å². The third-order valence-corrected chi connectivity index (χ3v) is 3.81. The molecule has 2 aromatic rings. The summed E-state index contributed by atoms with van der Waals surface area (Å²) in [6, 6.07) is 7.85. The van der Waals surface area contributed by atoms with Gasteiger partial charge in [0.25, 0.3) is 0 Å². The molecule has 2 nitrogen and oxygen atoms in total. The number of carbonyl (C=O) groups is 1. The summed E-state index contributed by atoms with van der Waals surface area (Å²) in [5.41, 5.74) is 2.08. The molecule has 0 N–H and O–H groups in total.